The molecule has 0 aromatic rings. The molecule has 0 saturated carbocycles. The molecule has 0 aliphatic carbocycles. The second kappa shape index (κ2) is 86.8. The molecule has 0 aliphatic rings. The fourth-order valence-electron chi connectivity index (χ4n) is 13.4. The van der Waals surface area contributed by atoms with Crippen LogP contribution in [-0.4, -0.2) is 44.6 Å². The van der Waals surface area contributed by atoms with Crippen LogP contribution in [0.1, 0.15) is 490 Å². The largest absolute Gasteiger partial charge is 2.00 e. The Bertz CT molecular complexity index is 1100. The maximum atomic E-state index is 5.40. The Kier molecular flexibility index (Phi) is 91.6. The quantitative estimate of drug-likeness (QED) is 0.0257. The summed E-state index contributed by atoms with van der Waals surface area (Å²) in [5, 5.41) is 0. The molecule has 2 nitrogen and oxygen atoms in total. The fraction of sp³-hybridized carbons (Fsp3) is 0.976. The summed E-state index contributed by atoms with van der Waals surface area (Å²) in [7, 11) is 0. The summed E-state index contributed by atoms with van der Waals surface area (Å²) in [6.07, 6.45) is 103. The second-order valence-electron chi connectivity index (χ2n) is 28.5. The van der Waals surface area contributed by atoms with Crippen molar-refractivity contribution in [1.82, 2.24) is 9.80 Å². The van der Waals surface area contributed by atoms with Crippen molar-refractivity contribution in [2.45, 2.75) is 490 Å². The molecule has 89 heavy (non-hydrogen) atoms. The van der Waals surface area contributed by atoms with Gasteiger partial charge >= 0.3 is 17.1 Å². The second-order valence-corrected chi connectivity index (χ2v) is 30.6. The topological polar surface area (TPSA) is 6.48 Å². The third-order valence-electron chi connectivity index (χ3n) is 19.6. The molecule has 0 heterocycles. The number of unbranched alkanes of at least 4 members (excludes halogenated alkanes) is 68. The molecule has 0 atom stereocenters. The Hall–Kier alpha value is 0.739. The molecular weight excluding hydrogens is 1200 g/mol. The average molecular weight is 1370 g/mol. The third-order valence-corrected chi connectivity index (χ3v) is 20.7. The van der Waals surface area contributed by atoms with Crippen molar-refractivity contribution in [2.24, 2.45) is 0 Å². The van der Waals surface area contributed by atoms with Gasteiger partial charge in [-0.1, -0.05) is 473 Å². The molecule has 0 unspecified atom stereocenters. The summed E-state index contributed by atoms with van der Waals surface area (Å²) < 4.78 is 1.40. The Balaban J connectivity index is -0.00000164. The molecule has 0 bridgehead atoms. The molecule has 0 N–H and O–H groups in total. The van der Waals surface area contributed by atoms with E-state index in [0.29, 0.717) is 8.64 Å². The van der Waals surface area contributed by atoms with E-state index in [4.69, 9.17) is 49.7 Å². The van der Waals surface area contributed by atoms with Crippen molar-refractivity contribution >= 4 is 58.3 Å². The maximum Gasteiger partial charge on any atom is 2.00 e. The van der Waals surface area contributed by atoms with Crippen molar-refractivity contribution in [3.05, 3.63) is 0 Å². The Morgan fingerprint density at radius 1 is 0.169 bits per heavy atom. The molecule has 1 radical (unpaired) electrons. The number of hydrogen-bond donors (Lipinski definition) is 0. The van der Waals surface area contributed by atoms with Crippen molar-refractivity contribution in [3.63, 3.8) is 0 Å². The minimum atomic E-state index is 0. The number of hydrogen-bond acceptors (Lipinski definition) is 4. The summed E-state index contributed by atoms with van der Waals surface area (Å²) in [6.45, 7) is 13.5. The first-order valence-electron chi connectivity index (χ1n) is 41.4. The van der Waals surface area contributed by atoms with Crippen LogP contribution in [0.15, 0.2) is 0 Å². The van der Waals surface area contributed by atoms with Gasteiger partial charge < -0.3 is 59.5 Å². The smallest absolute Gasteiger partial charge is 0.411 e. The molecule has 0 aliphatic heterocycles. The van der Waals surface area contributed by atoms with Gasteiger partial charge in [-0.05, 0) is 25.7 Å². The third kappa shape index (κ3) is 84.8. The van der Waals surface area contributed by atoms with Crippen molar-refractivity contribution in [2.75, 3.05) is 26.2 Å². The van der Waals surface area contributed by atoms with Gasteiger partial charge in [-0.15, -0.1) is 0 Å². The predicted molar refractivity (Wildman–Crippen MR) is 418 cm³/mol. The SMILES string of the molecule is CCCCCCCCCCCCCCCCCCCCN(CCCCCCCCCCCCCCCCCCCC)C(=S)[S-].CCCCCCCCCCCCCCCCCCCCN(CCCCCCCCCCCCCCCCCCCC)C(=S)[S-].[Cu+2]. The van der Waals surface area contributed by atoms with Crippen LogP contribution in [0.5, 0.6) is 0 Å². The number of rotatable bonds is 76. The Labute approximate surface area is 596 Å². The van der Waals surface area contributed by atoms with Gasteiger partial charge in [-0.2, -0.15) is 0 Å². The number of thiocarbonyl (C=S) groups is 2. The molecule has 537 valence electrons. The summed E-state index contributed by atoms with van der Waals surface area (Å²) in [4.78, 5) is 4.62. The zero-order valence-corrected chi connectivity index (χ0v) is 65.8. The predicted octanol–water partition coefficient (Wildman–Crippen LogP) is 30.4. The van der Waals surface area contributed by atoms with Crippen LogP contribution in [0, 0.1) is 0 Å². The Morgan fingerprint density at radius 2 is 0.247 bits per heavy atom. The molecular formula is C82H164CuN2S4. The van der Waals surface area contributed by atoms with Gasteiger partial charge in [0.05, 0.1) is 0 Å². The van der Waals surface area contributed by atoms with Gasteiger partial charge in [0.25, 0.3) is 0 Å². The minimum Gasteiger partial charge on any atom is -0.411 e. The van der Waals surface area contributed by atoms with Crippen molar-refractivity contribution in [3.8, 4) is 0 Å². The van der Waals surface area contributed by atoms with Gasteiger partial charge in [-0.25, -0.2) is 0 Å². The number of nitrogens with zero attached hydrogens (tertiary/aromatic N) is 2. The molecule has 0 fully saturated rings. The molecule has 7 heteroatoms. The first kappa shape index (κ1) is 93.9. The van der Waals surface area contributed by atoms with Gasteiger partial charge in [0.2, 0.25) is 0 Å². The zero-order valence-electron chi connectivity index (χ0n) is 61.6. The van der Waals surface area contributed by atoms with Crippen LogP contribution in [0.4, 0.5) is 0 Å². The van der Waals surface area contributed by atoms with Crippen LogP contribution in [0.25, 0.3) is 0 Å². The summed E-state index contributed by atoms with van der Waals surface area (Å²) >= 11 is 21.6. The minimum absolute atomic E-state index is 0. The molecule has 0 saturated heterocycles. The van der Waals surface area contributed by atoms with E-state index in [-0.39, 0.29) is 17.1 Å². The zero-order chi connectivity index (χ0) is 64.0. The van der Waals surface area contributed by atoms with E-state index >= 15 is 0 Å². The van der Waals surface area contributed by atoms with Gasteiger partial charge in [0, 0.05) is 26.2 Å². The molecule has 0 amide bonds. The average Bonchev–Trinajstić information content (AvgIpc) is 3.55. The molecule has 0 spiro atoms. The summed E-state index contributed by atoms with van der Waals surface area (Å²) in [6, 6.07) is 0. The van der Waals surface area contributed by atoms with E-state index in [9.17, 15) is 0 Å². The van der Waals surface area contributed by atoms with E-state index in [0.717, 1.165) is 26.2 Å². The van der Waals surface area contributed by atoms with E-state index in [2.05, 4.69) is 37.5 Å². The summed E-state index contributed by atoms with van der Waals surface area (Å²) in [5.41, 5.74) is 0. The van der Waals surface area contributed by atoms with E-state index < -0.39 is 0 Å². The van der Waals surface area contributed by atoms with Crippen molar-refractivity contribution < 1.29 is 17.1 Å². The van der Waals surface area contributed by atoms with Crippen LogP contribution in [0.2, 0.25) is 0 Å². The van der Waals surface area contributed by atoms with Crippen LogP contribution >= 0.6 is 24.4 Å². The summed E-state index contributed by atoms with van der Waals surface area (Å²) in [5.74, 6) is 0. The van der Waals surface area contributed by atoms with Crippen LogP contribution < -0.4 is 0 Å². The van der Waals surface area contributed by atoms with E-state index in [1.807, 2.05) is 0 Å². The van der Waals surface area contributed by atoms with E-state index in [1.54, 1.807) is 0 Å². The van der Waals surface area contributed by atoms with E-state index in [1.165, 1.54) is 462 Å². The van der Waals surface area contributed by atoms with Gasteiger partial charge in [-0.3, -0.25) is 0 Å². The first-order chi connectivity index (χ1) is 43.4. The van der Waals surface area contributed by atoms with Gasteiger partial charge in [0.1, 0.15) is 0 Å². The molecule has 0 aromatic heterocycles. The maximum absolute atomic E-state index is 5.40. The normalized spacial score (nSPS) is 11.3. The Morgan fingerprint density at radius 3 is 0.326 bits per heavy atom. The fourth-order valence-corrected chi connectivity index (χ4v) is 14.1. The van der Waals surface area contributed by atoms with Crippen molar-refractivity contribution in [1.29, 1.82) is 0 Å². The standard InChI is InChI=1S/2C41H83NS2.Cu/c2*1-3-5-7-9-11-13-15-17-19-21-23-25-27-29-31-33-35-37-39-42(41(43)44)40-38-36-34-32-30-28-26-24-22-20-18-16-14-12-10-8-6-4-2;/h2*3-40H2,1-2H3,(H,43,44);/q;;+2/p-2. The van der Waals surface area contributed by atoms with Crippen LogP contribution in [0.3, 0.4) is 0 Å². The molecule has 0 aromatic carbocycles. The first-order valence-corrected chi connectivity index (χ1v) is 43.0. The monoisotopic (exact) mass is 1370 g/mol. The molecule has 0 rings (SSSR count). The van der Waals surface area contributed by atoms with Crippen LogP contribution in [-0.2, 0) is 42.3 Å². The van der Waals surface area contributed by atoms with Gasteiger partial charge in [0.15, 0.2) is 0 Å².